The maximum Gasteiger partial charge on any atom is 0.175 e. The van der Waals surface area contributed by atoms with Crippen LogP contribution >= 0.6 is 0 Å². The maximum atomic E-state index is 11.8. The van der Waals surface area contributed by atoms with Crippen molar-refractivity contribution in [3.63, 3.8) is 0 Å². The molecule has 0 saturated carbocycles. The SMILES string of the molecule is Cc1nc2ccc(-c3ccc(-c4cccc(S(C)(=O)=O)c4)cc3)cc2[nH]1. The van der Waals surface area contributed by atoms with Gasteiger partial charge in [0.05, 0.1) is 15.9 Å². The summed E-state index contributed by atoms with van der Waals surface area (Å²) >= 11 is 0. The average Bonchev–Trinajstić information content (AvgIpc) is 3.00. The molecule has 0 unspecified atom stereocenters. The maximum absolute atomic E-state index is 11.8. The highest BCUT2D eigenvalue weighted by Gasteiger charge is 2.09. The second kappa shape index (κ2) is 6.11. The van der Waals surface area contributed by atoms with E-state index in [2.05, 4.69) is 22.1 Å². The van der Waals surface area contributed by atoms with E-state index in [0.717, 1.165) is 39.1 Å². The van der Waals surface area contributed by atoms with Crippen LogP contribution in [0.25, 0.3) is 33.3 Å². The first-order valence-electron chi connectivity index (χ1n) is 8.27. The summed E-state index contributed by atoms with van der Waals surface area (Å²) in [4.78, 5) is 8.02. The molecule has 5 heteroatoms. The van der Waals surface area contributed by atoms with Gasteiger partial charge in [-0.25, -0.2) is 13.4 Å². The van der Waals surface area contributed by atoms with Crippen molar-refractivity contribution in [3.8, 4) is 22.3 Å². The van der Waals surface area contributed by atoms with Crippen LogP contribution in [-0.4, -0.2) is 24.6 Å². The highest BCUT2D eigenvalue weighted by atomic mass is 32.2. The van der Waals surface area contributed by atoms with Gasteiger partial charge in [-0.3, -0.25) is 0 Å². The molecule has 4 nitrogen and oxygen atoms in total. The van der Waals surface area contributed by atoms with Crippen LogP contribution in [0.3, 0.4) is 0 Å². The van der Waals surface area contributed by atoms with Crippen molar-refractivity contribution in [3.05, 3.63) is 72.6 Å². The first-order chi connectivity index (χ1) is 12.4. The molecule has 1 N–H and O–H groups in total. The van der Waals surface area contributed by atoms with Gasteiger partial charge in [0.1, 0.15) is 5.82 Å². The summed E-state index contributed by atoms with van der Waals surface area (Å²) in [6.45, 7) is 1.94. The number of benzene rings is 3. The molecule has 130 valence electrons. The zero-order valence-electron chi connectivity index (χ0n) is 14.5. The number of imidazole rings is 1. The number of aromatic amines is 1. The van der Waals surface area contributed by atoms with E-state index in [4.69, 9.17) is 0 Å². The molecule has 0 bridgehead atoms. The molecule has 26 heavy (non-hydrogen) atoms. The Balaban J connectivity index is 1.70. The molecular formula is C21H18N2O2S. The Morgan fingerprint density at radius 1 is 0.808 bits per heavy atom. The predicted molar refractivity (Wildman–Crippen MR) is 105 cm³/mol. The molecule has 4 rings (SSSR count). The van der Waals surface area contributed by atoms with Gasteiger partial charge in [0.25, 0.3) is 0 Å². The molecule has 4 aromatic rings. The molecule has 3 aromatic carbocycles. The molecule has 0 fully saturated rings. The third-order valence-electron chi connectivity index (χ3n) is 4.41. The van der Waals surface area contributed by atoms with E-state index in [-0.39, 0.29) is 0 Å². The van der Waals surface area contributed by atoms with Crippen molar-refractivity contribution in [2.75, 3.05) is 6.26 Å². The number of fused-ring (bicyclic) bond motifs is 1. The van der Waals surface area contributed by atoms with Crippen molar-refractivity contribution < 1.29 is 8.42 Å². The highest BCUT2D eigenvalue weighted by Crippen LogP contribution is 2.28. The first kappa shape index (κ1) is 16.5. The van der Waals surface area contributed by atoms with E-state index in [1.807, 2.05) is 43.3 Å². The van der Waals surface area contributed by atoms with Gasteiger partial charge >= 0.3 is 0 Å². The average molecular weight is 362 g/mol. The number of nitrogens with one attached hydrogen (secondary N) is 1. The van der Waals surface area contributed by atoms with E-state index in [1.54, 1.807) is 18.2 Å². The van der Waals surface area contributed by atoms with Crippen LogP contribution in [0.15, 0.2) is 71.6 Å². The lowest BCUT2D eigenvalue weighted by Crippen LogP contribution is -1.96. The van der Waals surface area contributed by atoms with Crippen LogP contribution in [0.2, 0.25) is 0 Å². The van der Waals surface area contributed by atoms with Gasteiger partial charge in [0.2, 0.25) is 0 Å². The van der Waals surface area contributed by atoms with Crippen molar-refractivity contribution in [2.24, 2.45) is 0 Å². The smallest absolute Gasteiger partial charge is 0.175 e. The van der Waals surface area contributed by atoms with Crippen molar-refractivity contribution in [1.82, 2.24) is 9.97 Å². The summed E-state index contributed by atoms with van der Waals surface area (Å²) in [5, 5.41) is 0. The molecule has 0 aliphatic heterocycles. The quantitative estimate of drug-likeness (QED) is 0.579. The predicted octanol–water partition coefficient (Wildman–Crippen LogP) is 4.61. The van der Waals surface area contributed by atoms with Gasteiger partial charge in [-0.2, -0.15) is 0 Å². The fourth-order valence-electron chi connectivity index (χ4n) is 3.08. The number of sulfone groups is 1. The molecule has 1 heterocycles. The Morgan fingerprint density at radius 3 is 2.08 bits per heavy atom. The third kappa shape index (κ3) is 3.13. The molecule has 0 aliphatic carbocycles. The Bertz CT molecular complexity index is 1210. The van der Waals surface area contributed by atoms with Gasteiger partial charge in [-0.05, 0) is 53.4 Å². The molecule has 1 aromatic heterocycles. The van der Waals surface area contributed by atoms with Crippen LogP contribution in [0.4, 0.5) is 0 Å². The summed E-state index contributed by atoms with van der Waals surface area (Å²) < 4.78 is 23.5. The molecule has 0 spiro atoms. The lowest BCUT2D eigenvalue weighted by molar-refractivity contribution is 0.602. The molecule has 0 saturated heterocycles. The number of rotatable bonds is 3. The number of nitrogens with zero attached hydrogens (tertiary/aromatic N) is 1. The minimum absolute atomic E-state index is 0.333. The zero-order valence-corrected chi connectivity index (χ0v) is 15.3. The number of aryl methyl sites for hydroxylation is 1. The van der Waals surface area contributed by atoms with E-state index in [0.29, 0.717) is 4.90 Å². The summed E-state index contributed by atoms with van der Waals surface area (Å²) in [5.41, 5.74) is 6.06. The highest BCUT2D eigenvalue weighted by molar-refractivity contribution is 7.90. The van der Waals surface area contributed by atoms with Crippen molar-refractivity contribution in [2.45, 2.75) is 11.8 Å². The van der Waals surface area contributed by atoms with Crippen LogP contribution in [0, 0.1) is 6.92 Å². The van der Waals surface area contributed by atoms with E-state index in [1.165, 1.54) is 6.26 Å². The van der Waals surface area contributed by atoms with Gasteiger partial charge in [-0.1, -0.05) is 42.5 Å². The van der Waals surface area contributed by atoms with Gasteiger partial charge < -0.3 is 4.98 Å². The Hall–Kier alpha value is -2.92. The molecular weight excluding hydrogens is 344 g/mol. The second-order valence-electron chi connectivity index (χ2n) is 6.43. The summed E-state index contributed by atoms with van der Waals surface area (Å²) in [6.07, 6.45) is 1.22. The number of hydrogen-bond acceptors (Lipinski definition) is 3. The lowest BCUT2D eigenvalue weighted by atomic mass is 10.00. The standard InChI is InChI=1S/C21H18N2O2S/c1-14-22-20-11-10-18(13-21(20)23-14)16-8-6-15(7-9-16)17-4-3-5-19(12-17)26(2,24)25/h3-13H,1-2H3,(H,22,23). The molecule has 0 amide bonds. The number of H-pyrrole nitrogens is 1. The van der Waals surface area contributed by atoms with E-state index < -0.39 is 9.84 Å². The van der Waals surface area contributed by atoms with Crippen LogP contribution in [0.1, 0.15) is 5.82 Å². The largest absolute Gasteiger partial charge is 0.342 e. The second-order valence-corrected chi connectivity index (χ2v) is 8.45. The fourth-order valence-corrected chi connectivity index (χ4v) is 3.74. The normalized spacial score (nSPS) is 11.8. The third-order valence-corrected chi connectivity index (χ3v) is 5.52. The van der Waals surface area contributed by atoms with Crippen molar-refractivity contribution >= 4 is 20.9 Å². The Labute approximate surface area is 152 Å². The fraction of sp³-hybridized carbons (Fsp3) is 0.0952. The monoisotopic (exact) mass is 362 g/mol. The molecule has 0 atom stereocenters. The zero-order chi connectivity index (χ0) is 18.3. The lowest BCUT2D eigenvalue weighted by Gasteiger charge is -2.07. The van der Waals surface area contributed by atoms with Gasteiger partial charge in [-0.15, -0.1) is 0 Å². The Morgan fingerprint density at radius 2 is 1.42 bits per heavy atom. The van der Waals surface area contributed by atoms with E-state index in [9.17, 15) is 8.42 Å². The summed E-state index contributed by atoms with van der Waals surface area (Å²) in [5.74, 6) is 0.901. The van der Waals surface area contributed by atoms with Gasteiger partial charge in [0, 0.05) is 6.26 Å². The molecule has 0 aliphatic rings. The summed E-state index contributed by atoms with van der Waals surface area (Å²) in [7, 11) is -3.21. The van der Waals surface area contributed by atoms with Crippen LogP contribution < -0.4 is 0 Å². The van der Waals surface area contributed by atoms with Crippen LogP contribution in [-0.2, 0) is 9.84 Å². The topological polar surface area (TPSA) is 62.8 Å². The minimum Gasteiger partial charge on any atom is -0.342 e. The first-order valence-corrected chi connectivity index (χ1v) is 10.2. The number of hydrogen-bond donors (Lipinski definition) is 1. The van der Waals surface area contributed by atoms with Crippen LogP contribution in [0.5, 0.6) is 0 Å². The van der Waals surface area contributed by atoms with Crippen molar-refractivity contribution in [1.29, 1.82) is 0 Å². The van der Waals surface area contributed by atoms with E-state index >= 15 is 0 Å². The minimum atomic E-state index is -3.21. The molecule has 0 radical (unpaired) electrons. The summed E-state index contributed by atoms with van der Waals surface area (Å²) in [6, 6.07) is 21.3. The Kier molecular flexibility index (Phi) is 3.89. The number of aromatic nitrogens is 2. The van der Waals surface area contributed by atoms with Gasteiger partial charge in [0.15, 0.2) is 9.84 Å².